The predicted octanol–water partition coefficient (Wildman–Crippen LogP) is 7.72. The average Bonchev–Trinajstić information content (AvgIpc) is 2.87. The number of hydrogen-bond donors (Lipinski definition) is 0. The van der Waals surface area contributed by atoms with E-state index < -0.39 is 0 Å². The van der Waals surface area contributed by atoms with Gasteiger partial charge in [0.25, 0.3) is 0 Å². The van der Waals surface area contributed by atoms with Gasteiger partial charge in [-0.15, -0.1) is 59.7 Å². The van der Waals surface area contributed by atoms with Gasteiger partial charge in [0.1, 0.15) is 0 Å². The van der Waals surface area contributed by atoms with Gasteiger partial charge in [-0.3, -0.25) is 0 Å². The molecule has 0 unspecified atom stereocenters. The second-order valence-corrected chi connectivity index (χ2v) is 7.82. The molecule has 0 aromatic heterocycles. The number of rotatable bonds is 1. The SMILES string of the molecule is [Pt+2].[c-]1c2cccc1N(c1ccccc1)c1[c-]c(ccc1)C=Nc1cccc3cccc(c13)N=C2. The first-order valence-corrected chi connectivity index (χ1v) is 10.8. The molecule has 5 aromatic carbocycles. The Morgan fingerprint density at radius 2 is 1.06 bits per heavy atom. The van der Waals surface area contributed by atoms with Crippen LogP contribution >= 0.6 is 0 Å². The molecule has 0 aliphatic carbocycles. The molecule has 1 aliphatic rings. The van der Waals surface area contributed by atoms with Crippen molar-refractivity contribution in [2.45, 2.75) is 0 Å². The first-order valence-electron chi connectivity index (χ1n) is 10.8. The van der Waals surface area contributed by atoms with Crippen molar-refractivity contribution >= 4 is 51.6 Å². The van der Waals surface area contributed by atoms with Gasteiger partial charge < -0.3 is 14.9 Å². The van der Waals surface area contributed by atoms with Gasteiger partial charge in [-0.25, -0.2) is 0 Å². The Bertz CT molecular complexity index is 1430. The third-order valence-electron chi connectivity index (χ3n) is 5.65. The summed E-state index contributed by atoms with van der Waals surface area (Å²) in [4.78, 5) is 11.8. The van der Waals surface area contributed by atoms with E-state index in [1.165, 1.54) is 0 Å². The normalized spacial score (nSPS) is 12.2. The van der Waals surface area contributed by atoms with E-state index in [2.05, 4.69) is 53.4 Å². The van der Waals surface area contributed by atoms with Crippen LogP contribution in [0.15, 0.2) is 113 Å². The number of aliphatic imine (C=N–C) groups is 2. The fourth-order valence-electron chi connectivity index (χ4n) is 4.14. The fraction of sp³-hybridized carbons (Fsp3) is 0. The first-order chi connectivity index (χ1) is 16.3. The average molecular weight is 617 g/mol. The maximum atomic E-state index is 4.84. The van der Waals surface area contributed by atoms with E-state index in [1.807, 2.05) is 79.2 Å². The Balaban J connectivity index is 0.00000241. The predicted molar refractivity (Wildman–Crippen MR) is 137 cm³/mol. The van der Waals surface area contributed by atoms with Crippen molar-refractivity contribution in [1.82, 2.24) is 0 Å². The molecule has 0 atom stereocenters. The molecule has 0 saturated carbocycles. The minimum atomic E-state index is 0. The molecule has 0 saturated heterocycles. The molecule has 164 valence electrons. The fourth-order valence-corrected chi connectivity index (χ4v) is 4.14. The molecule has 0 fully saturated rings. The Morgan fingerprint density at radius 1 is 0.529 bits per heavy atom. The summed E-state index contributed by atoms with van der Waals surface area (Å²) < 4.78 is 0. The second-order valence-electron chi connectivity index (χ2n) is 7.82. The van der Waals surface area contributed by atoms with E-state index in [4.69, 9.17) is 9.98 Å². The quantitative estimate of drug-likeness (QED) is 0.174. The largest absolute Gasteiger partial charge is 2.00 e. The zero-order valence-corrected chi connectivity index (χ0v) is 20.4. The number of nitrogens with zero attached hydrogens (tertiary/aromatic N) is 3. The van der Waals surface area contributed by atoms with Crippen LogP contribution in [0.1, 0.15) is 11.1 Å². The van der Waals surface area contributed by atoms with E-state index in [0.717, 1.165) is 50.3 Å². The molecular formula is C30H19N3Pt. The Hall–Kier alpha value is -3.81. The molecule has 5 aromatic rings. The van der Waals surface area contributed by atoms with Crippen LogP contribution in [-0.4, -0.2) is 12.4 Å². The summed E-state index contributed by atoms with van der Waals surface area (Å²) >= 11 is 0. The Labute approximate surface area is 213 Å². The molecule has 4 heteroatoms. The molecule has 4 bridgehead atoms. The maximum Gasteiger partial charge on any atom is 2.00 e. The zero-order valence-electron chi connectivity index (χ0n) is 18.1. The standard InChI is InChI=1S/C30H19N3.Pt/c1-2-12-25(13-3-1)33-26-14-4-8-22(18-26)20-31-28-16-6-10-24-11-7-17-29(30(24)28)32-21-23-9-5-15-27(33)19-23;/h1-17,20-21H;/q-2;+2. The number of benzene rings is 5. The third kappa shape index (κ3) is 4.23. The molecule has 0 amide bonds. The summed E-state index contributed by atoms with van der Waals surface area (Å²) in [6.45, 7) is 0. The van der Waals surface area contributed by atoms with Gasteiger partial charge in [-0.1, -0.05) is 42.5 Å². The smallest absolute Gasteiger partial charge is 0.346 e. The Morgan fingerprint density at radius 3 is 1.62 bits per heavy atom. The van der Waals surface area contributed by atoms with Crippen molar-refractivity contribution in [2.75, 3.05) is 4.90 Å². The van der Waals surface area contributed by atoms with Crippen molar-refractivity contribution in [1.29, 1.82) is 0 Å². The summed E-state index contributed by atoms with van der Waals surface area (Å²) in [5, 5.41) is 2.14. The van der Waals surface area contributed by atoms with Gasteiger partial charge in [-0.05, 0) is 53.5 Å². The minimum absolute atomic E-state index is 0. The second kappa shape index (κ2) is 9.59. The zero-order chi connectivity index (χ0) is 22.0. The van der Waals surface area contributed by atoms with Gasteiger partial charge >= 0.3 is 21.1 Å². The molecule has 0 N–H and O–H groups in total. The van der Waals surface area contributed by atoms with Gasteiger partial charge in [0.2, 0.25) is 0 Å². The summed E-state index contributed by atoms with van der Waals surface area (Å²) in [6.07, 6.45) is 3.74. The molecule has 1 aliphatic heterocycles. The maximum absolute atomic E-state index is 4.84. The molecular weight excluding hydrogens is 597 g/mol. The molecule has 6 rings (SSSR count). The molecule has 0 spiro atoms. The van der Waals surface area contributed by atoms with Crippen molar-refractivity contribution in [3.05, 3.63) is 126 Å². The van der Waals surface area contributed by atoms with Crippen molar-refractivity contribution in [3.63, 3.8) is 0 Å². The minimum Gasteiger partial charge on any atom is -0.346 e. The number of para-hydroxylation sites is 1. The van der Waals surface area contributed by atoms with Crippen LogP contribution in [0.2, 0.25) is 0 Å². The Kier molecular flexibility index (Phi) is 6.20. The summed E-state index contributed by atoms with van der Waals surface area (Å²) in [5.41, 5.74) is 6.45. The summed E-state index contributed by atoms with van der Waals surface area (Å²) in [7, 11) is 0. The van der Waals surface area contributed by atoms with Crippen LogP contribution in [0, 0.1) is 12.1 Å². The van der Waals surface area contributed by atoms with Gasteiger partial charge in [0, 0.05) is 11.1 Å². The topological polar surface area (TPSA) is 28.0 Å². The van der Waals surface area contributed by atoms with Crippen molar-refractivity contribution < 1.29 is 21.1 Å². The summed E-state index contributed by atoms with van der Waals surface area (Å²) in [5.74, 6) is 0. The van der Waals surface area contributed by atoms with Crippen LogP contribution in [0.5, 0.6) is 0 Å². The summed E-state index contributed by atoms with van der Waals surface area (Å²) in [6, 6.07) is 41.8. The molecule has 3 nitrogen and oxygen atoms in total. The monoisotopic (exact) mass is 616 g/mol. The van der Waals surface area contributed by atoms with E-state index in [1.54, 1.807) is 0 Å². The number of fused-ring (bicyclic) bond motifs is 4. The van der Waals surface area contributed by atoms with Crippen LogP contribution in [0.25, 0.3) is 10.8 Å². The van der Waals surface area contributed by atoms with E-state index in [0.29, 0.717) is 0 Å². The molecule has 34 heavy (non-hydrogen) atoms. The molecule has 0 radical (unpaired) electrons. The molecule has 1 heterocycles. The first kappa shape index (κ1) is 22.0. The van der Waals surface area contributed by atoms with Crippen LogP contribution < -0.4 is 4.90 Å². The van der Waals surface area contributed by atoms with Gasteiger partial charge in [0.15, 0.2) is 0 Å². The van der Waals surface area contributed by atoms with Gasteiger partial charge in [0.05, 0.1) is 11.4 Å². The van der Waals surface area contributed by atoms with Crippen LogP contribution in [-0.2, 0) is 21.1 Å². The van der Waals surface area contributed by atoms with Crippen molar-refractivity contribution in [2.24, 2.45) is 9.98 Å². The van der Waals surface area contributed by atoms with E-state index in [9.17, 15) is 0 Å². The van der Waals surface area contributed by atoms with Crippen LogP contribution in [0.4, 0.5) is 28.4 Å². The van der Waals surface area contributed by atoms with Crippen molar-refractivity contribution in [3.8, 4) is 0 Å². The van der Waals surface area contributed by atoms with Crippen LogP contribution in [0.3, 0.4) is 0 Å². The third-order valence-corrected chi connectivity index (χ3v) is 5.65. The van der Waals surface area contributed by atoms with E-state index in [-0.39, 0.29) is 21.1 Å². The number of hydrogen-bond acceptors (Lipinski definition) is 3. The number of anilines is 3. The van der Waals surface area contributed by atoms with Gasteiger partial charge in [-0.2, -0.15) is 0 Å². The van der Waals surface area contributed by atoms with E-state index >= 15 is 0 Å².